The van der Waals surface area contributed by atoms with E-state index in [1.807, 2.05) is 0 Å². The van der Waals surface area contributed by atoms with Crippen LogP contribution in [0.15, 0.2) is 4.79 Å². The van der Waals surface area contributed by atoms with E-state index in [-0.39, 0.29) is 11.4 Å². The van der Waals surface area contributed by atoms with Gasteiger partial charge in [-0.1, -0.05) is 0 Å². The van der Waals surface area contributed by atoms with Crippen LogP contribution in [0.25, 0.3) is 0 Å². The average molecular weight is 172 g/mol. The maximum absolute atomic E-state index is 10.9. The molecule has 1 aromatic rings. The zero-order chi connectivity index (χ0) is 9.14. The minimum Gasteiger partial charge on any atom is -0.392 e. The second kappa shape index (κ2) is 3.09. The fourth-order valence-electron chi connectivity index (χ4n) is 0.707. The monoisotopic (exact) mass is 172 g/mol. The normalized spacial score (nSPS) is 9.75. The number of hydrogen-bond acceptors (Lipinski definition) is 4. The number of nitrogens with one attached hydrogen (secondary N) is 3. The molecule has 0 aliphatic carbocycles. The molecule has 0 radical (unpaired) electrons. The largest absolute Gasteiger partial charge is 0.392 e. The number of rotatable bonds is 2. The summed E-state index contributed by atoms with van der Waals surface area (Å²) in [6.45, 7) is -0.508. The summed E-state index contributed by atoms with van der Waals surface area (Å²) < 4.78 is 0. The molecule has 1 amide bonds. The quantitative estimate of drug-likeness (QED) is 0.330. The molecule has 0 saturated carbocycles. The van der Waals surface area contributed by atoms with Gasteiger partial charge in [-0.2, -0.15) is 0 Å². The van der Waals surface area contributed by atoms with Gasteiger partial charge in [0.1, 0.15) is 18.1 Å². The third-order valence-corrected chi connectivity index (χ3v) is 1.28. The van der Waals surface area contributed by atoms with E-state index in [0.29, 0.717) is 0 Å². The van der Waals surface area contributed by atoms with E-state index >= 15 is 0 Å². The van der Waals surface area contributed by atoms with Gasteiger partial charge in [0, 0.05) is 0 Å². The number of anilines is 1. The molecular formula is C5H8N4O3. The number of aliphatic hydroxyl groups is 1. The summed E-state index contributed by atoms with van der Waals surface area (Å²) in [7, 11) is 0. The summed E-state index contributed by atoms with van der Waals surface area (Å²) in [6.07, 6.45) is 0. The molecule has 0 fully saturated rings. The number of aliphatic hydroxyl groups excluding tert-OH is 1. The van der Waals surface area contributed by atoms with E-state index < -0.39 is 18.2 Å². The van der Waals surface area contributed by atoms with Crippen molar-refractivity contribution in [1.82, 2.24) is 15.5 Å². The molecule has 12 heavy (non-hydrogen) atoms. The molecule has 0 aliphatic heterocycles. The van der Waals surface area contributed by atoms with E-state index in [2.05, 4.69) is 15.5 Å². The number of amides is 1. The maximum Gasteiger partial charge on any atom is 0.287 e. The Morgan fingerprint density at radius 1 is 1.58 bits per heavy atom. The SMILES string of the molecule is Nc1c(C(=O)NCO)[nH][nH]c1=O. The van der Waals surface area contributed by atoms with Crippen LogP contribution in [0, 0.1) is 0 Å². The lowest BCUT2D eigenvalue weighted by Gasteiger charge is -1.97. The Bertz CT molecular complexity index is 339. The molecule has 7 heteroatoms. The second-order valence-electron chi connectivity index (χ2n) is 2.03. The van der Waals surface area contributed by atoms with Gasteiger partial charge in [-0.15, -0.1) is 0 Å². The smallest absolute Gasteiger partial charge is 0.287 e. The van der Waals surface area contributed by atoms with Crippen LogP contribution < -0.4 is 16.6 Å². The lowest BCUT2D eigenvalue weighted by molar-refractivity contribution is 0.0906. The van der Waals surface area contributed by atoms with E-state index in [4.69, 9.17) is 10.8 Å². The van der Waals surface area contributed by atoms with Gasteiger partial charge in [-0.05, 0) is 0 Å². The first-order valence-corrected chi connectivity index (χ1v) is 3.12. The topological polar surface area (TPSA) is 124 Å². The number of H-pyrrole nitrogens is 2. The molecule has 1 aromatic heterocycles. The molecule has 0 unspecified atom stereocenters. The van der Waals surface area contributed by atoms with Gasteiger partial charge in [0.2, 0.25) is 0 Å². The molecule has 0 bridgehead atoms. The predicted octanol–water partition coefficient (Wildman–Crippen LogP) is -2.04. The number of hydrogen-bond donors (Lipinski definition) is 5. The van der Waals surface area contributed by atoms with Gasteiger partial charge in [0.25, 0.3) is 11.5 Å². The molecule has 6 N–H and O–H groups in total. The van der Waals surface area contributed by atoms with Crippen molar-refractivity contribution in [2.75, 3.05) is 12.5 Å². The van der Waals surface area contributed by atoms with Crippen LogP contribution in [0.1, 0.15) is 10.5 Å². The van der Waals surface area contributed by atoms with Crippen LogP contribution in [0.4, 0.5) is 5.69 Å². The van der Waals surface area contributed by atoms with Crippen molar-refractivity contribution in [3.63, 3.8) is 0 Å². The average Bonchev–Trinajstić information content (AvgIpc) is 2.34. The standard InChI is InChI=1S/C5H8N4O3/c6-2-3(5(12)7-1-10)8-9-4(2)11/h10H,1,6H2,(H,7,12)(H2,8,9,11). The van der Waals surface area contributed by atoms with E-state index in [0.717, 1.165) is 0 Å². The molecule has 0 aromatic carbocycles. The Morgan fingerprint density at radius 2 is 2.25 bits per heavy atom. The molecule has 7 nitrogen and oxygen atoms in total. The molecule has 1 heterocycles. The highest BCUT2D eigenvalue weighted by Gasteiger charge is 2.12. The van der Waals surface area contributed by atoms with E-state index in [9.17, 15) is 9.59 Å². The van der Waals surface area contributed by atoms with E-state index in [1.54, 1.807) is 0 Å². The highest BCUT2D eigenvalue weighted by molar-refractivity contribution is 5.96. The molecule has 66 valence electrons. The van der Waals surface area contributed by atoms with Crippen molar-refractivity contribution in [3.8, 4) is 0 Å². The van der Waals surface area contributed by atoms with E-state index in [1.165, 1.54) is 0 Å². The third-order valence-electron chi connectivity index (χ3n) is 1.28. The first-order valence-electron chi connectivity index (χ1n) is 3.12. The van der Waals surface area contributed by atoms with Crippen molar-refractivity contribution in [1.29, 1.82) is 0 Å². The van der Waals surface area contributed by atoms with Gasteiger partial charge >= 0.3 is 0 Å². The summed E-state index contributed by atoms with van der Waals surface area (Å²) in [6, 6.07) is 0. The second-order valence-corrected chi connectivity index (χ2v) is 2.03. The van der Waals surface area contributed by atoms with Gasteiger partial charge in [0.15, 0.2) is 0 Å². The van der Waals surface area contributed by atoms with Crippen LogP contribution in [-0.2, 0) is 0 Å². The fourth-order valence-corrected chi connectivity index (χ4v) is 0.707. The molecule has 1 rings (SSSR count). The molecule has 0 atom stereocenters. The maximum atomic E-state index is 10.9. The van der Waals surface area contributed by atoms with Gasteiger partial charge in [0.05, 0.1) is 0 Å². The molecule has 0 saturated heterocycles. The van der Waals surface area contributed by atoms with Crippen molar-refractivity contribution in [2.24, 2.45) is 0 Å². The minimum absolute atomic E-state index is 0.0750. The Kier molecular flexibility index (Phi) is 2.15. The van der Waals surface area contributed by atoms with Crippen molar-refractivity contribution in [3.05, 3.63) is 16.0 Å². The van der Waals surface area contributed by atoms with Crippen molar-refractivity contribution in [2.45, 2.75) is 0 Å². The molecular weight excluding hydrogens is 164 g/mol. The number of carbonyl (C=O) groups excluding carboxylic acids is 1. The predicted molar refractivity (Wildman–Crippen MR) is 40.4 cm³/mol. The first kappa shape index (κ1) is 8.34. The molecule has 0 spiro atoms. The summed E-state index contributed by atoms with van der Waals surface area (Å²) >= 11 is 0. The summed E-state index contributed by atoms with van der Waals surface area (Å²) in [5.41, 5.74) is 4.39. The van der Waals surface area contributed by atoms with Crippen molar-refractivity contribution < 1.29 is 9.90 Å². The number of aromatic amines is 2. The lowest BCUT2D eigenvalue weighted by atomic mass is 10.3. The first-order chi connectivity index (χ1) is 5.66. The zero-order valence-corrected chi connectivity index (χ0v) is 6.05. The Balaban J connectivity index is 2.96. The van der Waals surface area contributed by atoms with Crippen LogP contribution in [0.3, 0.4) is 0 Å². The number of aromatic nitrogens is 2. The third kappa shape index (κ3) is 1.30. The van der Waals surface area contributed by atoms with Crippen LogP contribution in [0.5, 0.6) is 0 Å². The Hall–Kier alpha value is -1.76. The number of nitrogen functional groups attached to an aromatic ring is 1. The minimum atomic E-state index is -0.631. The number of nitrogens with two attached hydrogens (primary N) is 1. The fraction of sp³-hybridized carbons (Fsp3) is 0.200. The molecule has 0 aliphatic rings. The zero-order valence-electron chi connectivity index (χ0n) is 6.05. The van der Waals surface area contributed by atoms with Crippen LogP contribution in [-0.4, -0.2) is 27.9 Å². The highest BCUT2D eigenvalue weighted by atomic mass is 16.3. The highest BCUT2D eigenvalue weighted by Crippen LogP contribution is 1.98. The lowest BCUT2D eigenvalue weighted by Crippen LogP contribution is -2.25. The van der Waals surface area contributed by atoms with Gasteiger partial charge in [-0.25, -0.2) is 0 Å². The number of carbonyl (C=O) groups is 1. The van der Waals surface area contributed by atoms with Crippen LogP contribution in [0.2, 0.25) is 0 Å². The summed E-state index contributed by atoms with van der Waals surface area (Å²) in [5, 5.41) is 14.8. The summed E-state index contributed by atoms with van der Waals surface area (Å²) in [4.78, 5) is 21.6. The van der Waals surface area contributed by atoms with Crippen molar-refractivity contribution >= 4 is 11.6 Å². The van der Waals surface area contributed by atoms with Crippen LogP contribution >= 0.6 is 0 Å². The Labute approximate surface area is 66.6 Å². The summed E-state index contributed by atoms with van der Waals surface area (Å²) in [5.74, 6) is -0.631. The van der Waals surface area contributed by atoms with Gasteiger partial charge in [-0.3, -0.25) is 19.8 Å². The Morgan fingerprint density at radius 3 is 2.67 bits per heavy atom. The van der Waals surface area contributed by atoms with Gasteiger partial charge < -0.3 is 16.2 Å².